The largest absolute Gasteiger partial charge is 0.369 e. The number of nitrogens with one attached hydrogen (secondary N) is 1. The number of nitrogens with zero attached hydrogens (tertiary/aromatic N) is 3. The van der Waals surface area contributed by atoms with Gasteiger partial charge in [-0.2, -0.15) is 0 Å². The van der Waals surface area contributed by atoms with Crippen molar-refractivity contribution in [2.45, 2.75) is 19.9 Å². The summed E-state index contributed by atoms with van der Waals surface area (Å²) in [5, 5.41) is 2.94. The maximum Gasteiger partial charge on any atom is 0.317 e. The normalized spacial score (nSPS) is 16.4. The molecule has 0 spiro atoms. The molecule has 0 radical (unpaired) electrons. The summed E-state index contributed by atoms with van der Waals surface area (Å²) in [6, 6.07) is 4.36. The van der Waals surface area contributed by atoms with Gasteiger partial charge in [0.05, 0.1) is 6.04 Å². The summed E-state index contributed by atoms with van der Waals surface area (Å²) in [5.74, 6) is -0.286. The highest BCUT2D eigenvalue weighted by molar-refractivity contribution is 5.75. The lowest BCUT2D eigenvalue weighted by Gasteiger charge is -2.37. The van der Waals surface area contributed by atoms with Crippen molar-refractivity contribution in [2.75, 3.05) is 51.2 Å². The van der Waals surface area contributed by atoms with Gasteiger partial charge < -0.3 is 20.0 Å². The second-order valence-corrected chi connectivity index (χ2v) is 6.46. The fourth-order valence-corrected chi connectivity index (χ4v) is 3.11. The summed E-state index contributed by atoms with van der Waals surface area (Å²) >= 11 is 0. The molecule has 0 saturated carbocycles. The van der Waals surface area contributed by atoms with E-state index in [0.29, 0.717) is 6.54 Å². The van der Waals surface area contributed by atoms with Crippen LogP contribution in [0.4, 0.5) is 14.9 Å². The highest BCUT2D eigenvalue weighted by atomic mass is 19.1. The molecule has 1 aliphatic heterocycles. The molecule has 1 aromatic carbocycles. The molecule has 25 heavy (non-hydrogen) atoms. The van der Waals surface area contributed by atoms with Gasteiger partial charge in [-0.15, -0.1) is 6.58 Å². The average molecular weight is 348 g/mol. The first-order valence-corrected chi connectivity index (χ1v) is 8.85. The standard InChI is InChI=1S/C19H29FN4O/c1-5-9-22(4)19(25)21-15(3)17-14-16(20)7-8-18(17)24-12-10-23(6-2)11-13-24/h5,7-8,14-15H,1,6,9-13H2,2-4H3,(H,21,25)/t15-/m1/s1. The number of carbonyl (C=O) groups is 1. The number of halogens is 1. The van der Waals surface area contributed by atoms with Crippen molar-refractivity contribution in [2.24, 2.45) is 0 Å². The third-order valence-corrected chi connectivity index (χ3v) is 4.71. The van der Waals surface area contributed by atoms with Gasteiger partial charge in [-0.1, -0.05) is 13.0 Å². The molecule has 1 saturated heterocycles. The molecule has 6 heteroatoms. The number of hydrogen-bond acceptors (Lipinski definition) is 3. The Morgan fingerprint density at radius 1 is 1.40 bits per heavy atom. The number of likely N-dealkylation sites (N-methyl/N-ethyl adjacent to an activating group) is 2. The summed E-state index contributed by atoms with van der Waals surface area (Å²) in [6.45, 7) is 13.0. The number of carbonyl (C=O) groups excluding carboxylic acids is 1. The van der Waals surface area contributed by atoms with Gasteiger partial charge in [0.2, 0.25) is 0 Å². The fraction of sp³-hybridized carbons (Fsp3) is 0.526. The predicted octanol–water partition coefficient (Wildman–Crippen LogP) is 2.86. The van der Waals surface area contributed by atoms with Crippen molar-refractivity contribution in [3.8, 4) is 0 Å². The molecule has 1 heterocycles. The zero-order chi connectivity index (χ0) is 18.4. The highest BCUT2D eigenvalue weighted by Crippen LogP contribution is 2.28. The van der Waals surface area contributed by atoms with Crippen LogP contribution in [0.25, 0.3) is 0 Å². The minimum absolute atomic E-state index is 0.196. The molecule has 1 fully saturated rings. The Labute approximate surface area is 150 Å². The molecule has 1 aromatic rings. The number of amides is 2. The van der Waals surface area contributed by atoms with E-state index in [0.717, 1.165) is 44.0 Å². The molecular formula is C19H29FN4O. The lowest BCUT2D eigenvalue weighted by atomic mass is 10.0. The average Bonchev–Trinajstić information content (AvgIpc) is 2.62. The summed E-state index contributed by atoms with van der Waals surface area (Å²) in [5.41, 5.74) is 1.81. The predicted molar refractivity (Wildman–Crippen MR) is 101 cm³/mol. The molecule has 1 atom stereocenters. The van der Waals surface area contributed by atoms with Gasteiger partial charge in [0.25, 0.3) is 0 Å². The van der Waals surface area contributed by atoms with E-state index >= 15 is 0 Å². The van der Waals surface area contributed by atoms with Crippen LogP contribution in [-0.2, 0) is 0 Å². The molecule has 2 amide bonds. The highest BCUT2D eigenvalue weighted by Gasteiger charge is 2.22. The number of hydrogen-bond donors (Lipinski definition) is 1. The molecule has 138 valence electrons. The first-order chi connectivity index (χ1) is 12.0. The van der Waals surface area contributed by atoms with Crippen molar-refractivity contribution in [1.82, 2.24) is 15.1 Å². The van der Waals surface area contributed by atoms with Crippen molar-refractivity contribution in [3.63, 3.8) is 0 Å². The minimum atomic E-state index is -0.286. The molecular weight excluding hydrogens is 319 g/mol. The number of urea groups is 1. The van der Waals surface area contributed by atoms with Crippen molar-refractivity contribution in [1.29, 1.82) is 0 Å². The zero-order valence-corrected chi connectivity index (χ0v) is 15.5. The van der Waals surface area contributed by atoms with Crippen molar-refractivity contribution >= 4 is 11.7 Å². The zero-order valence-electron chi connectivity index (χ0n) is 15.5. The van der Waals surface area contributed by atoms with Crippen LogP contribution >= 0.6 is 0 Å². The number of piperazine rings is 1. The molecule has 0 unspecified atom stereocenters. The van der Waals surface area contributed by atoms with Gasteiger partial charge in [0, 0.05) is 51.0 Å². The maximum absolute atomic E-state index is 13.8. The Hall–Kier alpha value is -2.08. The first-order valence-electron chi connectivity index (χ1n) is 8.85. The van der Waals surface area contributed by atoms with Crippen LogP contribution < -0.4 is 10.2 Å². The van der Waals surface area contributed by atoms with Crippen molar-refractivity contribution < 1.29 is 9.18 Å². The van der Waals surface area contributed by atoms with Crippen LogP contribution in [0.2, 0.25) is 0 Å². The van der Waals surface area contributed by atoms with Gasteiger partial charge in [0.1, 0.15) is 5.82 Å². The van der Waals surface area contributed by atoms with Crippen LogP contribution in [0.3, 0.4) is 0 Å². The van der Waals surface area contributed by atoms with Gasteiger partial charge in [-0.3, -0.25) is 0 Å². The monoisotopic (exact) mass is 348 g/mol. The Kier molecular flexibility index (Phi) is 6.82. The van der Waals surface area contributed by atoms with E-state index in [1.54, 1.807) is 18.0 Å². The molecule has 5 nitrogen and oxygen atoms in total. The Morgan fingerprint density at radius 2 is 2.08 bits per heavy atom. The quantitative estimate of drug-likeness (QED) is 0.804. The van der Waals surface area contributed by atoms with Gasteiger partial charge >= 0.3 is 6.03 Å². The van der Waals surface area contributed by atoms with Gasteiger partial charge in [-0.05, 0) is 31.7 Å². The summed E-state index contributed by atoms with van der Waals surface area (Å²) < 4.78 is 13.8. The number of benzene rings is 1. The molecule has 2 rings (SSSR count). The third-order valence-electron chi connectivity index (χ3n) is 4.71. The maximum atomic E-state index is 13.8. The van der Waals surface area contributed by atoms with Gasteiger partial charge in [0.15, 0.2) is 0 Å². The first kappa shape index (κ1) is 19.2. The van der Waals surface area contributed by atoms with Crippen LogP contribution in [0, 0.1) is 5.82 Å². The van der Waals surface area contributed by atoms with E-state index in [4.69, 9.17) is 0 Å². The van der Waals surface area contributed by atoms with Gasteiger partial charge in [-0.25, -0.2) is 9.18 Å². The van der Waals surface area contributed by atoms with E-state index in [9.17, 15) is 9.18 Å². The molecule has 1 aliphatic rings. The summed E-state index contributed by atoms with van der Waals surface area (Å²) in [6.07, 6.45) is 1.67. The lowest BCUT2D eigenvalue weighted by Crippen LogP contribution is -2.46. The molecule has 0 aliphatic carbocycles. The van der Waals surface area contributed by atoms with E-state index in [1.165, 1.54) is 12.1 Å². The Balaban J connectivity index is 2.15. The van der Waals surface area contributed by atoms with E-state index in [2.05, 4.69) is 28.6 Å². The second-order valence-electron chi connectivity index (χ2n) is 6.46. The SMILES string of the molecule is C=CCN(C)C(=O)N[C@H](C)c1cc(F)ccc1N1CCN(CC)CC1. The Morgan fingerprint density at radius 3 is 2.68 bits per heavy atom. The number of anilines is 1. The summed E-state index contributed by atoms with van der Waals surface area (Å²) in [7, 11) is 1.71. The topological polar surface area (TPSA) is 38.8 Å². The Bertz CT molecular complexity index is 599. The minimum Gasteiger partial charge on any atom is -0.369 e. The lowest BCUT2D eigenvalue weighted by molar-refractivity contribution is 0.210. The second kappa shape index (κ2) is 8.85. The molecule has 0 bridgehead atoms. The van der Waals surface area contributed by atoms with Crippen LogP contribution in [0.1, 0.15) is 25.5 Å². The smallest absolute Gasteiger partial charge is 0.317 e. The van der Waals surface area contributed by atoms with E-state index in [-0.39, 0.29) is 17.9 Å². The van der Waals surface area contributed by atoms with Crippen LogP contribution in [0.15, 0.2) is 30.9 Å². The number of rotatable bonds is 6. The van der Waals surface area contributed by atoms with E-state index in [1.807, 2.05) is 13.0 Å². The summed E-state index contributed by atoms with van der Waals surface area (Å²) in [4.78, 5) is 18.4. The fourth-order valence-electron chi connectivity index (χ4n) is 3.11. The van der Waals surface area contributed by atoms with Crippen molar-refractivity contribution in [3.05, 3.63) is 42.2 Å². The van der Waals surface area contributed by atoms with Crippen LogP contribution in [0.5, 0.6) is 0 Å². The van der Waals surface area contributed by atoms with E-state index < -0.39 is 0 Å². The van der Waals surface area contributed by atoms with Crippen LogP contribution in [-0.4, -0.2) is 62.1 Å². The molecule has 0 aromatic heterocycles. The molecule has 1 N–H and O–H groups in total. The third kappa shape index (κ3) is 4.95.